The van der Waals surface area contributed by atoms with Crippen molar-refractivity contribution in [3.63, 3.8) is 0 Å². The van der Waals surface area contributed by atoms with Crippen LogP contribution in [0.3, 0.4) is 0 Å². The van der Waals surface area contributed by atoms with Crippen molar-refractivity contribution in [2.75, 3.05) is 5.32 Å². The van der Waals surface area contributed by atoms with Crippen molar-refractivity contribution in [2.24, 2.45) is 0 Å². The summed E-state index contributed by atoms with van der Waals surface area (Å²) < 4.78 is 3.45. The van der Waals surface area contributed by atoms with E-state index in [9.17, 15) is 4.79 Å². The molecule has 0 unspecified atom stereocenters. The number of hydrogen-bond acceptors (Lipinski definition) is 4. The van der Waals surface area contributed by atoms with E-state index in [1.54, 1.807) is 17.1 Å². The highest BCUT2D eigenvalue weighted by atomic mass is 35.5. The molecule has 7 nitrogen and oxygen atoms in total. The predicted molar refractivity (Wildman–Crippen MR) is 112 cm³/mol. The highest BCUT2D eigenvalue weighted by Gasteiger charge is 2.17. The highest BCUT2D eigenvalue weighted by Crippen LogP contribution is 2.22. The van der Waals surface area contributed by atoms with Crippen LogP contribution in [-0.2, 0) is 11.2 Å². The van der Waals surface area contributed by atoms with Crippen molar-refractivity contribution in [2.45, 2.75) is 20.3 Å². The molecule has 4 rings (SSSR count). The van der Waals surface area contributed by atoms with E-state index in [1.165, 1.54) is 0 Å². The minimum absolute atomic E-state index is 0.126. The highest BCUT2D eigenvalue weighted by molar-refractivity contribution is 6.30. The summed E-state index contributed by atoms with van der Waals surface area (Å²) in [6.07, 6.45) is 3.54. The van der Waals surface area contributed by atoms with Crippen LogP contribution in [-0.4, -0.2) is 30.7 Å². The molecular formula is C21H19ClN6O. The van der Waals surface area contributed by atoms with Crippen molar-refractivity contribution in [1.82, 2.24) is 24.8 Å². The summed E-state index contributed by atoms with van der Waals surface area (Å²) in [5.74, 6) is -0.126. The van der Waals surface area contributed by atoms with Crippen LogP contribution in [0, 0.1) is 13.8 Å². The third-order valence-corrected chi connectivity index (χ3v) is 4.95. The smallest absolute Gasteiger partial charge is 0.228 e. The summed E-state index contributed by atoms with van der Waals surface area (Å²) in [4.78, 5) is 12.8. The average Bonchev–Trinajstić information content (AvgIpc) is 3.34. The van der Waals surface area contributed by atoms with Gasteiger partial charge in [0, 0.05) is 16.3 Å². The molecule has 4 aromatic rings. The van der Waals surface area contributed by atoms with E-state index in [1.807, 2.05) is 67.1 Å². The molecule has 8 heteroatoms. The fraction of sp³-hybridized carbons (Fsp3) is 0.143. The van der Waals surface area contributed by atoms with Gasteiger partial charge in [-0.2, -0.15) is 5.10 Å². The summed E-state index contributed by atoms with van der Waals surface area (Å²) in [5.41, 5.74) is 4.96. The molecule has 1 N–H and O–H groups in total. The first kappa shape index (κ1) is 18.9. The zero-order chi connectivity index (χ0) is 20.4. The Labute approximate surface area is 172 Å². The van der Waals surface area contributed by atoms with Crippen LogP contribution in [0.4, 0.5) is 5.69 Å². The number of nitrogens with one attached hydrogen (secondary N) is 1. The maximum absolute atomic E-state index is 12.8. The topological polar surface area (TPSA) is 77.6 Å². The van der Waals surface area contributed by atoms with E-state index in [-0.39, 0.29) is 12.3 Å². The number of carbonyl (C=O) groups excluding carboxylic acids is 1. The van der Waals surface area contributed by atoms with Crippen LogP contribution in [0.2, 0.25) is 5.02 Å². The predicted octanol–water partition coefficient (Wildman–Crippen LogP) is 3.90. The first-order valence-corrected chi connectivity index (χ1v) is 9.47. The lowest BCUT2D eigenvalue weighted by Crippen LogP contribution is -2.17. The molecule has 0 radical (unpaired) electrons. The summed E-state index contributed by atoms with van der Waals surface area (Å²) in [7, 11) is 0. The summed E-state index contributed by atoms with van der Waals surface area (Å²) in [6.45, 7) is 3.87. The minimum atomic E-state index is -0.126. The lowest BCUT2D eigenvalue weighted by molar-refractivity contribution is -0.115. The normalized spacial score (nSPS) is 10.9. The van der Waals surface area contributed by atoms with Crippen molar-refractivity contribution in [3.8, 4) is 11.4 Å². The van der Waals surface area contributed by atoms with Gasteiger partial charge in [0.05, 0.1) is 41.6 Å². The maximum atomic E-state index is 12.8. The number of benzene rings is 2. The molecular weight excluding hydrogens is 388 g/mol. The van der Waals surface area contributed by atoms with Crippen LogP contribution >= 0.6 is 11.6 Å². The number of para-hydroxylation sites is 2. The van der Waals surface area contributed by atoms with Gasteiger partial charge < -0.3 is 5.32 Å². The first-order valence-electron chi connectivity index (χ1n) is 9.09. The molecule has 2 aromatic carbocycles. The van der Waals surface area contributed by atoms with Crippen LogP contribution in [0.25, 0.3) is 11.4 Å². The largest absolute Gasteiger partial charge is 0.324 e. The third kappa shape index (κ3) is 3.90. The van der Waals surface area contributed by atoms with Crippen molar-refractivity contribution in [3.05, 3.63) is 82.9 Å². The van der Waals surface area contributed by atoms with Gasteiger partial charge in [-0.3, -0.25) is 4.79 Å². The quantitative estimate of drug-likeness (QED) is 0.545. The Kier molecular flexibility index (Phi) is 5.14. The third-order valence-electron chi connectivity index (χ3n) is 4.70. The molecule has 29 heavy (non-hydrogen) atoms. The van der Waals surface area contributed by atoms with E-state index in [0.29, 0.717) is 10.7 Å². The Bertz CT molecular complexity index is 1150. The van der Waals surface area contributed by atoms with Gasteiger partial charge in [0.1, 0.15) is 0 Å². The Balaban J connectivity index is 1.57. The van der Waals surface area contributed by atoms with Gasteiger partial charge in [0.15, 0.2) is 0 Å². The minimum Gasteiger partial charge on any atom is -0.324 e. The number of rotatable bonds is 5. The zero-order valence-corrected chi connectivity index (χ0v) is 16.8. The van der Waals surface area contributed by atoms with Gasteiger partial charge in [-0.1, -0.05) is 28.9 Å². The lowest BCUT2D eigenvalue weighted by Gasteiger charge is -2.11. The number of halogens is 1. The molecule has 0 atom stereocenters. The van der Waals surface area contributed by atoms with Crippen molar-refractivity contribution >= 4 is 23.2 Å². The number of anilines is 1. The second-order valence-corrected chi connectivity index (χ2v) is 7.06. The Morgan fingerprint density at radius 1 is 1.10 bits per heavy atom. The maximum Gasteiger partial charge on any atom is 0.228 e. The van der Waals surface area contributed by atoms with Crippen molar-refractivity contribution < 1.29 is 4.79 Å². The molecule has 1 amide bonds. The molecule has 0 spiro atoms. The van der Waals surface area contributed by atoms with Gasteiger partial charge in [-0.05, 0) is 50.2 Å². The standard InChI is InChI=1S/C21H19ClN6O/c1-14-18(15(2)28(25-14)17-9-7-16(22)8-10-17)13-21(29)24-19-5-3-4-6-20(19)27-12-11-23-26-27/h3-12H,13H2,1-2H3,(H,24,29). The van der Waals surface area contributed by atoms with Gasteiger partial charge in [-0.25, -0.2) is 9.36 Å². The number of amides is 1. The van der Waals surface area contributed by atoms with Gasteiger partial charge in [0.25, 0.3) is 0 Å². The van der Waals surface area contributed by atoms with Gasteiger partial charge in [0.2, 0.25) is 5.91 Å². The molecule has 146 valence electrons. The second-order valence-electron chi connectivity index (χ2n) is 6.63. The van der Waals surface area contributed by atoms with Crippen LogP contribution in [0.5, 0.6) is 0 Å². The fourth-order valence-electron chi connectivity index (χ4n) is 3.24. The molecule has 2 heterocycles. The van der Waals surface area contributed by atoms with E-state index >= 15 is 0 Å². The van der Waals surface area contributed by atoms with Gasteiger partial charge in [-0.15, -0.1) is 5.10 Å². The molecule has 0 fully saturated rings. The molecule has 0 saturated heterocycles. The van der Waals surface area contributed by atoms with E-state index < -0.39 is 0 Å². The fourth-order valence-corrected chi connectivity index (χ4v) is 3.36. The first-order chi connectivity index (χ1) is 14.0. The lowest BCUT2D eigenvalue weighted by atomic mass is 10.1. The molecule has 0 saturated carbocycles. The average molecular weight is 407 g/mol. The van der Waals surface area contributed by atoms with Crippen LogP contribution < -0.4 is 5.32 Å². The summed E-state index contributed by atoms with van der Waals surface area (Å²) in [5, 5.41) is 16.1. The van der Waals surface area contributed by atoms with E-state index in [2.05, 4.69) is 20.7 Å². The molecule has 0 aliphatic rings. The Hall–Kier alpha value is -3.45. The Morgan fingerprint density at radius 2 is 1.86 bits per heavy atom. The molecule has 0 aliphatic carbocycles. The number of hydrogen-bond donors (Lipinski definition) is 1. The van der Waals surface area contributed by atoms with Gasteiger partial charge >= 0.3 is 0 Å². The molecule has 0 aliphatic heterocycles. The van der Waals surface area contributed by atoms with Crippen LogP contribution in [0.1, 0.15) is 17.0 Å². The summed E-state index contributed by atoms with van der Waals surface area (Å²) >= 11 is 5.98. The van der Waals surface area contributed by atoms with E-state index in [0.717, 1.165) is 28.3 Å². The second kappa shape index (κ2) is 7.89. The number of aromatic nitrogens is 5. The SMILES string of the molecule is Cc1nn(-c2ccc(Cl)cc2)c(C)c1CC(=O)Nc1ccccc1-n1ccnn1. The van der Waals surface area contributed by atoms with Crippen LogP contribution in [0.15, 0.2) is 60.9 Å². The monoisotopic (exact) mass is 406 g/mol. The van der Waals surface area contributed by atoms with E-state index in [4.69, 9.17) is 11.6 Å². The number of nitrogens with zero attached hydrogens (tertiary/aromatic N) is 5. The number of aryl methyl sites for hydroxylation is 1. The van der Waals surface area contributed by atoms with Crippen molar-refractivity contribution in [1.29, 1.82) is 0 Å². The number of carbonyl (C=O) groups is 1. The molecule has 0 bridgehead atoms. The molecule has 2 aromatic heterocycles. The summed E-state index contributed by atoms with van der Waals surface area (Å²) in [6, 6.07) is 14.9. The zero-order valence-electron chi connectivity index (χ0n) is 16.0. The Morgan fingerprint density at radius 3 is 2.59 bits per heavy atom.